The Balaban J connectivity index is 2.04. The Morgan fingerprint density at radius 2 is 1.95 bits per heavy atom. The molecule has 2 aromatic rings. The minimum atomic E-state index is -0.135. The van der Waals surface area contributed by atoms with Gasteiger partial charge in [0.25, 0.3) is 5.91 Å². The van der Waals surface area contributed by atoms with Gasteiger partial charge in [-0.05, 0) is 37.1 Å². The molecular weight excluding hydrogens is 252 g/mol. The predicted octanol–water partition coefficient (Wildman–Crippen LogP) is 2.12. The Hall–Kier alpha value is -2.20. The molecule has 0 aliphatic heterocycles. The summed E-state index contributed by atoms with van der Waals surface area (Å²) in [5, 5.41) is 12.0. The van der Waals surface area contributed by atoms with E-state index in [0.29, 0.717) is 12.1 Å². The lowest BCUT2D eigenvalue weighted by molar-refractivity contribution is 0.0950. The van der Waals surface area contributed by atoms with Crippen LogP contribution in [0.2, 0.25) is 0 Å². The van der Waals surface area contributed by atoms with Crippen molar-refractivity contribution in [3.05, 3.63) is 64.5 Å². The Morgan fingerprint density at radius 3 is 2.65 bits per heavy atom. The predicted molar refractivity (Wildman–Crippen MR) is 77.2 cm³/mol. The van der Waals surface area contributed by atoms with E-state index in [1.54, 1.807) is 6.07 Å². The van der Waals surface area contributed by atoms with Crippen LogP contribution in [0.25, 0.3) is 0 Å². The molecule has 2 rings (SSSR count). The summed E-state index contributed by atoms with van der Waals surface area (Å²) in [4.78, 5) is 16.4. The molecule has 1 heterocycles. The van der Waals surface area contributed by atoms with Crippen LogP contribution in [0.5, 0.6) is 0 Å². The fourth-order valence-corrected chi connectivity index (χ4v) is 2.04. The van der Waals surface area contributed by atoms with E-state index in [1.807, 2.05) is 44.2 Å². The van der Waals surface area contributed by atoms with Gasteiger partial charge in [0.2, 0.25) is 0 Å². The SMILES string of the molecule is Cc1ccc(C(=O)NCc2cccc(CO)c2)c(C)n1. The van der Waals surface area contributed by atoms with Gasteiger partial charge in [0.1, 0.15) is 0 Å². The molecule has 0 atom stereocenters. The summed E-state index contributed by atoms with van der Waals surface area (Å²) in [6.45, 7) is 4.16. The van der Waals surface area contributed by atoms with E-state index in [4.69, 9.17) is 5.11 Å². The van der Waals surface area contributed by atoms with Crippen molar-refractivity contribution in [1.29, 1.82) is 0 Å². The molecule has 0 fully saturated rings. The highest BCUT2D eigenvalue weighted by atomic mass is 16.3. The van der Waals surface area contributed by atoms with E-state index in [2.05, 4.69) is 10.3 Å². The lowest BCUT2D eigenvalue weighted by Gasteiger charge is -2.08. The summed E-state index contributed by atoms with van der Waals surface area (Å²) in [6, 6.07) is 11.1. The quantitative estimate of drug-likeness (QED) is 0.894. The summed E-state index contributed by atoms with van der Waals surface area (Å²) >= 11 is 0. The van der Waals surface area contributed by atoms with Gasteiger partial charge in [-0.15, -0.1) is 0 Å². The van der Waals surface area contributed by atoms with Gasteiger partial charge < -0.3 is 10.4 Å². The highest BCUT2D eigenvalue weighted by Gasteiger charge is 2.09. The van der Waals surface area contributed by atoms with Crippen LogP contribution in [0.4, 0.5) is 0 Å². The van der Waals surface area contributed by atoms with Gasteiger partial charge in [0, 0.05) is 12.2 Å². The maximum absolute atomic E-state index is 12.1. The second kappa shape index (κ2) is 6.30. The number of aromatic nitrogens is 1. The number of hydrogen-bond donors (Lipinski definition) is 2. The highest BCUT2D eigenvalue weighted by Crippen LogP contribution is 2.08. The highest BCUT2D eigenvalue weighted by molar-refractivity contribution is 5.95. The van der Waals surface area contributed by atoms with Crippen molar-refractivity contribution in [2.45, 2.75) is 27.0 Å². The van der Waals surface area contributed by atoms with Gasteiger partial charge in [-0.1, -0.05) is 24.3 Å². The molecule has 0 aliphatic carbocycles. The zero-order chi connectivity index (χ0) is 14.5. The molecular formula is C16H18N2O2. The first-order valence-electron chi connectivity index (χ1n) is 6.51. The maximum atomic E-state index is 12.1. The molecule has 4 nitrogen and oxygen atoms in total. The van der Waals surface area contributed by atoms with Gasteiger partial charge >= 0.3 is 0 Å². The second-order valence-electron chi connectivity index (χ2n) is 4.75. The number of amides is 1. The normalized spacial score (nSPS) is 10.3. The van der Waals surface area contributed by atoms with E-state index >= 15 is 0 Å². The number of carbonyl (C=O) groups is 1. The number of pyridine rings is 1. The second-order valence-corrected chi connectivity index (χ2v) is 4.75. The van der Waals surface area contributed by atoms with Gasteiger partial charge in [-0.3, -0.25) is 9.78 Å². The first kappa shape index (κ1) is 14.2. The number of benzene rings is 1. The number of hydrogen-bond acceptors (Lipinski definition) is 3. The summed E-state index contributed by atoms with van der Waals surface area (Å²) in [6.07, 6.45) is 0. The Bertz CT molecular complexity index is 624. The fourth-order valence-electron chi connectivity index (χ4n) is 2.04. The molecule has 0 saturated carbocycles. The van der Waals surface area contributed by atoms with Crippen LogP contribution < -0.4 is 5.32 Å². The molecule has 0 saturated heterocycles. The largest absolute Gasteiger partial charge is 0.392 e. The molecule has 104 valence electrons. The molecule has 0 unspecified atom stereocenters. The molecule has 4 heteroatoms. The van der Waals surface area contributed by atoms with Gasteiger partial charge in [-0.2, -0.15) is 0 Å². The maximum Gasteiger partial charge on any atom is 0.253 e. The van der Waals surface area contributed by atoms with Crippen LogP contribution in [0, 0.1) is 13.8 Å². The molecule has 0 spiro atoms. The molecule has 0 radical (unpaired) electrons. The Kier molecular flexibility index (Phi) is 4.48. The number of carbonyl (C=O) groups excluding carboxylic acids is 1. The Labute approximate surface area is 118 Å². The third-order valence-corrected chi connectivity index (χ3v) is 3.10. The minimum absolute atomic E-state index is 0.00275. The minimum Gasteiger partial charge on any atom is -0.392 e. The fraction of sp³-hybridized carbons (Fsp3) is 0.250. The molecule has 1 amide bonds. The summed E-state index contributed by atoms with van der Waals surface area (Å²) < 4.78 is 0. The average Bonchev–Trinajstić information content (AvgIpc) is 2.45. The molecule has 1 aromatic carbocycles. The molecule has 2 N–H and O–H groups in total. The number of rotatable bonds is 4. The van der Waals surface area contributed by atoms with E-state index in [-0.39, 0.29) is 12.5 Å². The van der Waals surface area contributed by atoms with Crippen LogP contribution in [0.15, 0.2) is 36.4 Å². The summed E-state index contributed by atoms with van der Waals surface area (Å²) in [5.74, 6) is -0.135. The van der Waals surface area contributed by atoms with Gasteiger partial charge in [0.05, 0.1) is 17.9 Å². The molecule has 0 aliphatic rings. The number of aryl methyl sites for hydroxylation is 2. The lowest BCUT2D eigenvalue weighted by Crippen LogP contribution is -2.24. The molecule has 1 aromatic heterocycles. The smallest absolute Gasteiger partial charge is 0.253 e. The van der Waals surface area contributed by atoms with Crippen molar-refractivity contribution < 1.29 is 9.90 Å². The van der Waals surface area contributed by atoms with Crippen LogP contribution in [0.3, 0.4) is 0 Å². The lowest BCUT2D eigenvalue weighted by atomic mass is 10.1. The number of nitrogens with zero attached hydrogens (tertiary/aromatic N) is 1. The number of aliphatic hydroxyl groups is 1. The third kappa shape index (κ3) is 3.42. The summed E-state index contributed by atoms with van der Waals surface area (Å²) in [5.41, 5.74) is 4.02. The third-order valence-electron chi connectivity index (χ3n) is 3.10. The van der Waals surface area contributed by atoms with E-state index in [1.165, 1.54) is 0 Å². The molecule has 20 heavy (non-hydrogen) atoms. The Morgan fingerprint density at radius 1 is 1.20 bits per heavy atom. The average molecular weight is 270 g/mol. The van der Waals surface area contributed by atoms with Crippen molar-refractivity contribution >= 4 is 5.91 Å². The first-order chi connectivity index (χ1) is 9.60. The standard InChI is InChI=1S/C16H18N2O2/c1-11-6-7-15(12(2)18-11)16(20)17-9-13-4-3-5-14(8-13)10-19/h3-8,19H,9-10H2,1-2H3,(H,17,20). The van der Waals surface area contributed by atoms with Gasteiger partial charge in [0.15, 0.2) is 0 Å². The first-order valence-corrected chi connectivity index (χ1v) is 6.51. The summed E-state index contributed by atoms with van der Waals surface area (Å²) in [7, 11) is 0. The number of nitrogens with one attached hydrogen (secondary N) is 1. The zero-order valence-corrected chi connectivity index (χ0v) is 11.7. The topological polar surface area (TPSA) is 62.2 Å². The van der Waals surface area contributed by atoms with Crippen LogP contribution in [-0.4, -0.2) is 16.0 Å². The number of aliphatic hydroxyl groups excluding tert-OH is 1. The van der Waals surface area contributed by atoms with Crippen LogP contribution >= 0.6 is 0 Å². The van der Waals surface area contributed by atoms with Crippen molar-refractivity contribution in [2.75, 3.05) is 0 Å². The van der Waals surface area contributed by atoms with Gasteiger partial charge in [-0.25, -0.2) is 0 Å². The van der Waals surface area contributed by atoms with Crippen molar-refractivity contribution in [3.63, 3.8) is 0 Å². The monoisotopic (exact) mass is 270 g/mol. The van der Waals surface area contributed by atoms with E-state index < -0.39 is 0 Å². The van der Waals surface area contributed by atoms with Crippen molar-refractivity contribution in [1.82, 2.24) is 10.3 Å². The van der Waals surface area contributed by atoms with E-state index in [0.717, 1.165) is 22.5 Å². The van der Waals surface area contributed by atoms with E-state index in [9.17, 15) is 4.79 Å². The van der Waals surface area contributed by atoms with Crippen molar-refractivity contribution in [2.24, 2.45) is 0 Å². The van der Waals surface area contributed by atoms with Crippen LogP contribution in [-0.2, 0) is 13.2 Å². The van der Waals surface area contributed by atoms with Crippen LogP contribution in [0.1, 0.15) is 32.9 Å². The van der Waals surface area contributed by atoms with Crippen molar-refractivity contribution in [3.8, 4) is 0 Å². The zero-order valence-electron chi connectivity index (χ0n) is 11.7. The molecule has 0 bridgehead atoms.